The van der Waals surface area contributed by atoms with Crippen LogP contribution >= 0.6 is 0 Å². The predicted molar refractivity (Wildman–Crippen MR) is 221 cm³/mol. The highest BCUT2D eigenvalue weighted by Crippen LogP contribution is 2.36. The standard InChI is InChI=1S/C48H56F6O6/c1-4-33-31-59-48(60-32-33,25-13-9-7-11-15-27-57-34-17-19-36(40(49)29-34)38-21-23-42(55-5-2)46(53)44(38)51)26-14-10-8-12-16-28-58-35-18-20-37(41(50)30-35)39-22-24-43(56-6-3)47(54)45(39)52/h4,17-24,29-30,33H,1,5-16,25-28,31-32H2,2-3H3. The lowest BCUT2D eigenvalue weighted by atomic mass is 9.97. The van der Waals surface area contributed by atoms with E-state index in [1.165, 1.54) is 48.5 Å². The van der Waals surface area contributed by atoms with Crippen LogP contribution in [-0.2, 0) is 9.47 Å². The summed E-state index contributed by atoms with van der Waals surface area (Å²) in [5, 5.41) is 0. The lowest BCUT2D eigenvalue weighted by molar-refractivity contribution is -0.285. The summed E-state index contributed by atoms with van der Waals surface area (Å²) in [6.45, 7) is 9.54. The minimum atomic E-state index is -1.16. The van der Waals surface area contributed by atoms with E-state index in [0.29, 0.717) is 37.9 Å². The molecule has 1 saturated heterocycles. The van der Waals surface area contributed by atoms with Crippen molar-refractivity contribution in [2.45, 2.75) is 96.7 Å². The van der Waals surface area contributed by atoms with E-state index >= 15 is 0 Å². The second kappa shape index (κ2) is 23.4. The van der Waals surface area contributed by atoms with Gasteiger partial charge in [-0.1, -0.05) is 44.6 Å². The largest absolute Gasteiger partial charge is 0.493 e. The van der Waals surface area contributed by atoms with Gasteiger partial charge in [-0.15, -0.1) is 6.58 Å². The van der Waals surface area contributed by atoms with Crippen molar-refractivity contribution < 1.29 is 54.8 Å². The van der Waals surface area contributed by atoms with E-state index in [1.54, 1.807) is 26.0 Å². The Bertz CT molecular complexity index is 1850. The number of hydrogen-bond acceptors (Lipinski definition) is 6. The molecule has 6 nitrogen and oxygen atoms in total. The maximum atomic E-state index is 14.9. The SMILES string of the molecule is C=CC1COC(CCCCCCCOc2ccc(-c3ccc(OCC)c(F)c3F)c(F)c2)(CCCCCCCOc2ccc(-c3ccc(OCC)c(F)c3F)c(F)c2)OC1. The molecule has 0 radical (unpaired) electrons. The molecule has 0 N–H and O–H groups in total. The Labute approximate surface area is 349 Å². The molecule has 0 spiro atoms. The highest BCUT2D eigenvalue weighted by molar-refractivity contribution is 5.68. The molecule has 60 heavy (non-hydrogen) atoms. The summed E-state index contributed by atoms with van der Waals surface area (Å²) < 4.78 is 122. The first kappa shape index (κ1) is 46.4. The van der Waals surface area contributed by atoms with Crippen LogP contribution < -0.4 is 18.9 Å². The maximum Gasteiger partial charge on any atom is 0.201 e. The molecule has 1 heterocycles. The Morgan fingerprint density at radius 3 is 1.33 bits per heavy atom. The van der Waals surface area contributed by atoms with E-state index in [4.69, 9.17) is 28.4 Å². The number of halogens is 6. The van der Waals surface area contributed by atoms with Crippen molar-refractivity contribution in [2.75, 3.05) is 39.6 Å². The van der Waals surface area contributed by atoms with Crippen LogP contribution in [0, 0.1) is 40.8 Å². The highest BCUT2D eigenvalue weighted by atomic mass is 19.2. The Kier molecular flexibility index (Phi) is 18.1. The Balaban J connectivity index is 0.962. The molecule has 12 heteroatoms. The molecule has 0 aromatic heterocycles. The van der Waals surface area contributed by atoms with Gasteiger partial charge in [0.1, 0.15) is 23.1 Å². The van der Waals surface area contributed by atoms with Crippen LogP contribution in [0.1, 0.15) is 90.9 Å². The van der Waals surface area contributed by atoms with Gasteiger partial charge in [0.25, 0.3) is 0 Å². The van der Waals surface area contributed by atoms with Gasteiger partial charge in [0, 0.05) is 53.1 Å². The fourth-order valence-corrected chi connectivity index (χ4v) is 7.21. The second-order valence-electron chi connectivity index (χ2n) is 14.9. The number of ether oxygens (including phenoxy) is 6. The number of benzene rings is 4. The summed E-state index contributed by atoms with van der Waals surface area (Å²) in [4.78, 5) is 0. The summed E-state index contributed by atoms with van der Waals surface area (Å²) in [7, 11) is 0. The van der Waals surface area contributed by atoms with Gasteiger partial charge in [-0.2, -0.15) is 8.78 Å². The Morgan fingerprint density at radius 2 is 0.933 bits per heavy atom. The van der Waals surface area contributed by atoms with E-state index in [0.717, 1.165) is 77.0 Å². The van der Waals surface area contributed by atoms with E-state index < -0.39 is 40.7 Å². The Morgan fingerprint density at radius 1 is 0.533 bits per heavy atom. The quantitative estimate of drug-likeness (QED) is 0.0376. The minimum absolute atomic E-state index is 0.0600. The van der Waals surface area contributed by atoms with Gasteiger partial charge < -0.3 is 28.4 Å². The zero-order valence-corrected chi connectivity index (χ0v) is 34.6. The third-order valence-corrected chi connectivity index (χ3v) is 10.6. The average Bonchev–Trinajstić information content (AvgIpc) is 3.24. The number of rotatable bonds is 25. The van der Waals surface area contributed by atoms with Gasteiger partial charge in [-0.05, 0) is 88.1 Å². The van der Waals surface area contributed by atoms with Crippen molar-refractivity contribution in [3.63, 3.8) is 0 Å². The molecule has 0 unspecified atom stereocenters. The molecule has 0 bridgehead atoms. The van der Waals surface area contributed by atoms with Crippen LogP contribution in [0.15, 0.2) is 73.3 Å². The van der Waals surface area contributed by atoms with Crippen molar-refractivity contribution in [3.8, 4) is 45.3 Å². The summed E-state index contributed by atoms with van der Waals surface area (Å²) in [5.74, 6) is -6.28. The van der Waals surface area contributed by atoms with Gasteiger partial charge in [-0.3, -0.25) is 0 Å². The molecule has 1 fully saturated rings. The molecule has 1 aliphatic heterocycles. The smallest absolute Gasteiger partial charge is 0.201 e. The van der Waals surface area contributed by atoms with Gasteiger partial charge in [0.15, 0.2) is 28.9 Å². The summed E-state index contributed by atoms with van der Waals surface area (Å²) in [6, 6.07) is 13.4. The minimum Gasteiger partial charge on any atom is -0.493 e. The van der Waals surface area contributed by atoms with Crippen molar-refractivity contribution in [2.24, 2.45) is 5.92 Å². The molecule has 4 aromatic rings. The normalized spacial score (nSPS) is 13.9. The first-order valence-electron chi connectivity index (χ1n) is 21.1. The zero-order chi connectivity index (χ0) is 42.9. The third-order valence-electron chi connectivity index (χ3n) is 10.6. The molecular formula is C48H56F6O6. The lowest BCUT2D eigenvalue weighted by Gasteiger charge is -2.40. The van der Waals surface area contributed by atoms with Crippen molar-refractivity contribution in [3.05, 3.63) is 108 Å². The maximum absolute atomic E-state index is 14.9. The van der Waals surface area contributed by atoms with E-state index in [-0.39, 0.29) is 52.9 Å². The second-order valence-corrected chi connectivity index (χ2v) is 14.9. The first-order chi connectivity index (χ1) is 29.1. The van der Waals surface area contributed by atoms with E-state index in [2.05, 4.69) is 6.58 Å². The van der Waals surface area contributed by atoms with Crippen LogP contribution in [0.4, 0.5) is 26.3 Å². The molecule has 1 aliphatic rings. The van der Waals surface area contributed by atoms with Crippen molar-refractivity contribution in [1.82, 2.24) is 0 Å². The summed E-state index contributed by atoms with van der Waals surface area (Å²) >= 11 is 0. The van der Waals surface area contributed by atoms with Crippen molar-refractivity contribution >= 4 is 0 Å². The zero-order valence-electron chi connectivity index (χ0n) is 34.6. The molecule has 4 aromatic carbocycles. The van der Waals surface area contributed by atoms with Gasteiger partial charge in [-0.25, -0.2) is 17.6 Å². The number of unbranched alkanes of at least 4 members (excludes halogenated alkanes) is 8. The lowest BCUT2D eigenvalue weighted by Crippen LogP contribution is -2.43. The predicted octanol–water partition coefficient (Wildman–Crippen LogP) is 13.3. The first-order valence-corrected chi connectivity index (χ1v) is 21.1. The summed E-state index contributed by atoms with van der Waals surface area (Å²) in [5.41, 5.74) is -0.492. The molecule has 326 valence electrons. The monoisotopic (exact) mass is 842 g/mol. The van der Waals surface area contributed by atoms with Crippen LogP contribution in [0.3, 0.4) is 0 Å². The summed E-state index contributed by atoms with van der Waals surface area (Å²) in [6.07, 6.45) is 12.7. The fourth-order valence-electron chi connectivity index (χ4n) is 7.21. The molecular weight excluding hydrogens is 787 g/mol. The number of hydrogen-bond donors (Lipinski definition) is 0. The van der Waals surface area contributed by atoms with Crippen LogP contribution in [0.5, 0.6) is 23.0 Å². The van der Waals surface area contributed by atoms with Gasteiger partial charge in [0.2, 0.25) is 11.6 Å². The van der Waals surface area contributed by atoms with Crippen LogP contribution in [0.2, 0.25) is 0 Å². The van der Waals surface area contributed by atoms with E-state index in [1.807, 2.05) is 6.08 Å². The molecule has 0 amide bonds. The topological polar surface area (TPSA) is 55.4 Å². The van der Waals surface area contributed by atoms with Crippen molar-refractivity contribution in [1.29, 1.82) is 0 Å². The average molecular weight is 843 g/mol. The molecule has 5 rings (SSSR count). The highest BCUT2D eigenvalue weighted by Gasteiger charge is 2.36. The molecule has 0 atom stereocenters. The molecule has 0 aliphatic carbocycles. The fraction of sp³-hybridized carbons (Fsp3) is 0.458. The van der Waals surface area contributed by atoms with Gasteiger partial charge in [0.05, 0.1) is 39.6 Å². The molecule has 0 saturated carbocycles. The van der Waals surface area contributed by atoms with Crippen LogP contribution in [-0.4, -0.2) is 45.4 Å². The van der Waals surface area contributed by atoms with E-state index in [9.17, 15) is 26.3 Å². The van der Waals surface area contributed by atoms with Crippen LogP contribution in [0.25, 0.3) is 22.3 Å². The van der Waals surface area contributed by atoms with Gasteiger partial charge >= 0.3 is 0 Å². The Hall–Kier alpha value is -4.68. The third kappa shape index (κ3) is 12.7.